The Morgan fingerprint density at radius 3 is 0.875 bits per heavy atom. The van der Waals surface area contributed by atoms with Crippen molar-refractivity contribution >= 4 is 0 Å². The maximum Gasteiger partial charge on any atom is 1.00 e. The monoisotopic (exact) mass is 228 g/mol. The standard InChI is InChI=1S/2C5H8.CH4.Li.4H3N.H/c2*1-4-5(2)3;;;;;;;/h2*4H,1-2H2,3H3;1H4;;4*1H3;/q;;;+1;;;;;-1. The minimum Gasteiger partial charge on any atom is -1.00 e. The van der Waals surface area contributed by atoms with Gasteiger partial charge >= 0.3 is 18.9 Å². The van der Waals surface area contributed by atoms with Gasteiger partial charge in [-0.1, -0.05) is 57.0 Å². The van der Waals surface area contributed by atoms with E-state index >= 15 is 0 Å². The molecule has 0 fully saturated rings. The van der Waals surface area contributed by atoms with Crippen LogP contribution in [0.1, 0.15) is 22.7 Å². The van der Waals surface area contributed by atoms with E-state index in [4.69, 9.17) is 0 Å². The van der Waals surface area contributed by atoms with Gasteiger partial charge in [-0.3, -0.25) is 0 Å². The Balaban J connectivity index is -0.00000000762. The molecule has 0 atom stereocenters. The first kappa shape index (κ1) is 58.3. The second-order valence-electron chi connectivity index (χ2n) is 2.10. The van der Waals surface area contributed by atoms with Crippen molar-refractivity contribution in [1.82, 2.24) is 24.6 Å². The third-order valence-corrected chi connectivity index (χ3v) is 0.697. The van der Waals surface area contributed by atoms with Crippen LogP contribution in [0.4, 0.5) is 0 Å². The van der Waals surface area contributed by atoms with E-state index in [9.17, 15) is 0 Å². The molecule has 0 bridgehead atoms. The molecule has 0 aromatic carbocycles. The fourth-order valence-corrected chi connectivity index (χ4v) is 0. The third-order valence-electron chi connectivity index (χ3n) is 0.697. The Kier molecular flexibility index (Phi) is 172. The van der Waals surface area contributed by atoms with Crippen LogP contribution in [0.25, 0.3) is 0 Å². The maximum atomic E-state index is 3.56. The van der Waals surface area contributed by atoms with Crippen molar-refractivity contribution in [2.45, 2.75) is 21.3 Å². The molecule has 0 aromatic rings. The summed E-state index contributed by atoms with van der Waals surface area (Å²) in [5, 5.41) is 0. The van der Waals surface area contributed by atoms with Gasteiger partial charge in [-0.2, -0.15) is 0 Å². The van der Waals surface area contributed by atoms with Gasteiger partial charge in [0, 0.05) is 0 Å². The molecule has 5 heteroatoms. The van der Waals surface area contributed by atoms with E-state index in [1.807, 2.05) is 13.8 Å². The first-order valence-corrected chi connectivity index (χ1v) is 3.10. The summed E-state index contributed by atoms with van der Waals surface area (Å²) < 4.78 is 0. The minimum absolute atomic E-state index is 0. The smallest absolute Gasteiger partial charge is 1.00 e. The van der Waals surface area contributed by atoms with Crippen LogP contribution in [0.2, 0.25) is 0 Å². The summed E-state index contributed by atoms with van der Waals surface area (Å²) in [7, 11) is 0. The Labute approximate surface area is 116 Å². The van der Waals surface area contributed by atoms with E-state index in [0.29, 0.717) is 0 Å². The van der Waals surface area contributed by atoms with Gasteiger partial charge < -0.3 is 26.0 Å². The summed E-state index contributed by atoms with van der Waals surface area (Å²) in [6.45, 7) is 17.9. The molecule has 0 saturated carbocycles. The van der Waals surface area contributed by atoms with Gasteiger partial charge in [-0.25, -0.2) is 0 Å². The van der Waals surface area contributed by atoms with Crippen molar-refractivity contribution in [3.63, 3.8) is 0 Å². The quantitative estimate of drug-likeness (QED) is 0.423. The van der Waals surface area contributed by atoms with Gasteiger partial charge in [0.25, 0.3) is 0 Å². The zero-order valence-electron chi connectivity index (χ0n) is 11.8. The van der Waals surface area contributed by atoms with Crippen molar-refractivity contribution in [1.29, 1.82) is 0 Å². The van der Waals surface area contributed by atoms with Crippen LogP contribution >= 0.6 is 0 Å². The Morgan fingerprint density at radius 1 is 0.812 bits per heavy atom. The molecule has 0 amide bonds. The third kappa shape index (κ3) is 178. The zero-order valence-corrected chi connectivity index (χ0v) is 10.8. The first-order valence-electron chi connectivity index (χ1n) is 3.10. The summed E-state index contributed by atoms with van der Waals surface area (Å²) in [6.07, 6.45) is 3.44. The maximum absolute atomic E-state index is 3.56. The fraction of sp³-hybridized carbons (Fsp3) is 0.273. The van der Waals surface area contributed by atoms with Gasteiger partial charge in [0.15, 0.2) is 0 Å². The Bertz CT molecular complexity index is 144. The minimum atomic E-state index is 0. The van der Waals surface area contributed by atoms with Crippen molar-refractivity contribution in [3.8, 4) is 0 Å². The second kappa shape index (κ2) is 47.2. The first-order chi connectivity index (χ1) is 4.54. The average molecular weight is 228 g/mol. The molecular formula is C11H33LiN4. The van der Waals surface area contributed by atoms with Crippen LogP contribution in [0.3, 0.4) is 0 Å². The zero-order chi connectivity index (χ0) is 8.57. The molecule has 0 heterocycles. The topological polar surface area (TPSA) is 140 Å². The van der Waals surface area contributed by atoms with E-state index in [-0.39, 0.29) is 52.3 Å². The van der Waals surface area contributed by atoms with Gasteiger partial charge in [-0.05, 0) is 13.8 Å². The molecular weight excluding hydrogens is 195 g/mol. The fourth-order valence-electron chi connectivity index (χ4n) is 0. The molecule has 12 N–H and O–H groups in total. The van der Waals surface area contributed by atoms with Crippen LogP contribution < -0.4 is 43.5 Å². The largest absolute Gasteiger partial charge is 1.00 e. The number of rotatable bonds is 2. The summed E-state index contributed by atoms with van der Waals surface area (Å²) in [5.74, 6) is 0. The van der Waals surface area contributed by atoms with Gasteiger partial charge in [0.05, 0.1) is 0 Å². The van der Waals surface area contributed by atoms with Crippen LogP contribution in [-0.2, 0) is 0 Å². The molecule has 16 heavy (non-hydrogen) atoms. The SMILES string of the molecule is C.C=CC(=C)C.C=CC(=C)C.N.N.N.N.[H-].[Li+]. The molecule has 0 saturated heterocycles. The van der Waals surface area contributed by atoms with E-state index in [0.717, 1.165) is 11.1 Å². The summed E-state index contributed by atoms with van der Waals surface area (Å²) >= 11 is 0. The summed E-state index contributed by atoms with van der Waals surface area (Å²) in [5.41, 5.74) is 2.04. The molecule has 0 aromatic heterocycles. The van der Waals surface area contributed by atoms with Crippen molar-refractivity contribution in [2.75, 3.05) is 0 Å². The molecule has 0 aliphatic heterocycles. The van der Waals surface area contributed by atoms with E-state index in [2.05, 4.69) is 26.3 Å². The predicted molar refractivity (Wildman–Crippen MR) is 78.0 cm³/mol. The van der Waals surface area contributed by atoms with Crippen molar-refractivity contribution < 1.29 is 20.3 Å². The summed E-state index contributed by atoms with van der Waals surface area (Å²) in [6, 6.07) is 0. The molecule has 0 radical (unpaired) electrons. The van der Waals surface area contributed by atoms with E-state index in [1.165, 1.54) is 0 Å². The predicted octanol–water partition coefficient (Wildman–Crippen LogP) is 1.90. The number of allylic oxidation sites excluding steroid dienone is 4. The van der Waals surface area contributed by atoms with Crippen LogP contribution in [0.5, 0.6) is 0 Å². The second-order valence-corrected chi connectivity index (χ2v) is 2.10. The van der Waals surface area contributed by atoms with Gasteiger partial charge in [-0.15, -0.1) is 0 Å². The average Bonchev–Trinajstić information content (AvgIpc) is 1.89. The van der Waals surface area contributed by atoms with Crippen LogP contribution in [0, 0.1) is 0 Å². The molecule has 98 valence electrons. The van der Waals surface area contributed by atoms with Gasteiger partial charge in [0.2, 0.25) is 0 Å². The molecule has 0 aliphatic carbocycles. The van der Waals surface area contributed by atoms with Crippen molar-refractivity contribution in [3.05, 3.63) is 49.6 Å². The van der Waals surface area contributed by atoms with E-state index in [1.54, 1.807) is 12.2 Å². The molecule has 0 spiro atoms. The number of hydrogen-bond donors (Lipinski definition) is 4. The molecule has 0 rings (SSSR count). The van der Waals surface area contributed by atoms with Gasteiger partial charge in [0.1, 0.15) is 0 Å². The molecule has 0 unspecified atom stereocenters. The normalized spacial score (nSPS) is 4.12. The summed E-state index contributed by atoms with van der Waals surface area (Å²) in [4.78, 5) is 0. The van der Waals surface area contributed by atoms with E-state index < -0.39 is 0 Å². The Morgan fingerprint density at radius 2 is 0.875 bits per heavy atom. The molecule has 4 nitrogen and oxygen atoms in total. The van der Waals surface area contributed by atoms with Crippen molar-refractivity contribution in [2.24, 2.45) is 0 Å². The number of hydrogen-bond acceptors (Lipinski definition) is 4. The molecule has 0 aliphatic rings. The van der Waals surface area contributed by atoms with Crippen LogP contribution in [-0.4, -0.2) is 0 Å². The Hall–Kier alpha value is -0.603. The van der Waals surface area contributed by atoms with Crippen LogP contribution in [0.15, 0.2) is 49.6 Å².